The Balaban J connectivity index is 2.04. The van der Waals surface area contributed by atoms with Crippen molar-refractivity contribution in [3.05, 3.63) is 64.7 Å². The number of benzene rings is 2. The number of carbonyl (C=O) groups is 1. The molecule has 0 spiro atoms. The Morgan fingerprint density at radius 3 is 2.67 bits per heavy atom. The molecule has 2 rings (SSSR count). The van der Waals surface area contributed by atoms with Crippen LogP contribution in [0.2, 0.25) is 5.02 Å². The van der Waals surface area contributed by atoms with Crippen LogP contribution in [0.25, 0.3) is 0 Å². The summed E-state index contributed by atoms with van der Waals surface area (Å²) >= 11 is 5.83. The van der Waals surface area contributed by atoms with Crippen molar-refractivity contribution < 1.29 is 9.53 Å². The number of para-hydroxylation sites is 1. The summed E-state index contributed by atoms with van der Waals surface area (Å²) in [6.45, 7) is 0.408. The van der Waals surface area contributed by atoms with E-state index in [2.05, 4.69) is 10.5 Å². The number of carbonyl (C=O) groups excluding carboxylic acids is 1. The summed E-state index contributed by atoms with van der Waals surface area (Å²) in [5, 5.41) is 4.41. The second-order valence-corrected chi connectivity index (χ2v) is 4.62. The third-order valence-corrected chi connectivity index (χ3v) is 2.86. The van der Waals surface area contributed by atoms with Gasteiger partial charge in [-0.15, -0.1) is 0 Å². The molecule has 0 bridgehead atoms. The second kappa shape index (κ2) is 7.31. The predicted octanol–water partition coefficient (Wildman–Crippen LogP) is 2.92. The summed E-state index contributed by atoms with van der Waals surface area (Å²) in [5.41, 5.74) is 8.81. The van der Waals surface area contributed by atoms with Gasteiger partial charge in [-0.1, -0.05) is 35.9 Å². The van der Waals surface area contributed by atoms with Gasteiger partial charge >= 0.3 is 6.03 Å². The average Bonchev–Trinajstić information content (AvgIpc) is 2.47. The minimum absolute atomic E-state index is 0.408. The molecule has 0 aliphatic rings. The third kappa shape index (κ3) is 4.81. The zero-order chi connectivity index (χ0) is 15.1. The van der Waals surface area contributed by atoms with Gasteiger partial charge in [0.1, 0.15) is 12.4 Å². The molecular formula is C15H14ClN3O2. The minimum atomic E-state index is -0.717. The number of amides is 2. The smallest absolute Gasteiger partial charge is 0.332 e. The Labute approximate surface area is 127 Å². The molecule has 0 heterocycles. The Kier molecular flexibility index (Phi) is 5.17. The predicted molar refractivity (Wildman–Crippen MR) is 82.5 cm³/mol. The van der Waals surface area contributed by atoms with Crippen molar-refractivity contribution in [2.45, 2.75) is 6.61 Å². The van der Waals surface area contributed by atoms with E-state index in [0.29, 0.717) is 17.4 Å². The molecule has 2 aromatic carbocycles. The fourth-order valence-corrected chi connectivity index (χ4v) is 1.75. The molecule has 6 heteroatoms. The van der Waals surface area contributed by atoms with Gasteiger partial charge in [0.05, 0.1) is 6.21 Å². The van der Waals surface area contributed by atoms with Gasteiger partial charge in [-0.2, -0.15) is 5.10 Å². The zero-order valence-electron chi connectivity index (χ0n) is 11.1. The molecule has 21 heavy (non-hydrogen) atoms. The Hall–Kier alpha value is -2.53. The average molecular weight is 304 g/mol. The van der Waals surface area contributed by atoms with E-state index in [1.54, 1.807) is 0 Å². The first-order valence-corrected chi connectivity index (χ1v) is 6.58. The normalized spacial score (nSPS) is 10.5. The highest BCUT2D eigenvalue weighted by atomic mass is 35.5. The number of hydrogen-bond acceptors (Lipinski definition) is 3. The number of hydrogen-bond donors (Lipinski definition) is 2. The van der Waals surface area contributed by atoms with E-state index in [1.807, 2.05) is 48.5 Å². The fraction of sp³-hybridized carbons (Fsp3) is 0.0667. The molecule has 0 unspecified atom stereocenters. The third-order valence-electron chi connectivity index (χ3n) is 2.60. The fourth-order valence-electron chi connectivity index (χ4n) is 1.63. The van der Waals surface area contributed by atoms with Gasteiger partial charge in [-0.3, -0.25) is 0 Å². The highest BCUT2D eigenvalue weighted by Crippen LogP contribution is 2.18. The van der Waals surface area contributed by atoms with Gasteiger partial charge in [0.2, 0.25) is 0 Å². The molecule has 5 nitrogen and oxygen atoms in total. The zero-order valence-corrected chi connectivity index (χ0v) is 11.9. The van der Waals surface area contributed by atoms with Crippen LogP contribution in [0.1, 0.15) is 11.1 Å². The number of ether oxygens (including phenoxy) is 1. The van der Waals surface area contributed by atoms with Crippen LogP contribution in [0.4, 0.5) is 4.79 Å². The van der Waals surface area contributed by atoms with Crippen molar-refractivity contribution in [3.63, 3.8) is 0 Å². The maximum Gasteiger partial charge on any atom is 0.332 e. The molecule has 0 aromatic heterocycles. The first-order valence-electron chi connectivity index (χ1n) is 6.20. The molecule has 2 amide bonds. The molecule has 0 atom stereocenters. The molecule has 2 aromatic rings. The Morgan fingerprint density at radius 1 is 1.24 bits per heavy atom. The van der Waals surface area contributed by atoms with Crippen LogP contribution in [0.5, 0.6) is 5.75 Å². The van der Waals surface area contributed by atoms with E-state index < -0.39 is 6.03 Å². The van der Waals surface area contributed by atoms with E-state index in [0.717, 1.165) is 11.1 Å². The molecule has 0 radical (unpaired) electrons. The molecule has 0 saturated carbocycles. The molecule has 3 N–H and O–H groups in total. The summed E-state index contributed by atoms with van der Waals surface area (Å²) in [6.07, 6.45) is 1.47. The first kappa shape index (κ1) is 14.9. The Bertz CT molecular complexity index is 642. The standard InChI is InChI=1S/C15H14ClN3O2/c16-13-7-5-11(6-8-13)10-21-14-4-2-1-3-12(14)9-18-19-15(17)20/h1-9H,10H2,(H3,17,19,20). The maximum atomic E-state index is 10.6. The van der Waals surface area contributed by atoms with Gasteiger partial charge in [-0.25, -0.2) is 10.2 Å². The summed E-state index contributed by atoms with van der Waals surface area (Å²) in [7, 11) is 0. The van der Waals surface area contributed by atoms with Crippen molar-refractivity contribution >= 4 is 23.8 Å². The van der Waals surface area contributed by atoms with E-state index in [-0.39, 0.29) is 0 Å². The van der Waals surface area contributed by atoms with Gasteiger partial charge < -0.3 is 10.5 Å². The lowest BCUT2D eigenvalue weighted by Gasteiger charge is -2.09. The molecule has 108 valence electrons. The quantitative estimate of drug-likeness (QED) is 0.658. The lowest BCUT2D eigenvalue weighted by Crippen LogP contribution is -2.24. The van der Waals surface area contributed by atoms with Crippen molar-refractivity contribution in [2.75, 3.05) is 0 Å². The van der Waals surface area contributed by atoms with E-state index in [9.17, 15) is 4.79 Å². The number of nitrogens with two attached hydrogens (primary N) is 1. The summed E-state index contributed by atoms with van der Waals surface area (Å²) in [6, 6.07) is 14.0. The monoisotopic (exact) mass is 303 g/mol. The molecular weight excluding hydrogens is 290 g/mol. The number of hydrazone groups is 1. The van der Waals surface area contributed by atoms with Gasteiger partial charge in [0.25, 0.3) is 0 Å². The van der Waals surface area contributed by atoms with Gasteiger partial charge in [0, 0.05) is 10.6 Å². The maximum absolute atomic E-state index is 10.6. The lowest BCUT2D eigenvalue weighted by atomic mass is 10.2. The van der Waals surface area contributed by atoms with E-state index >= 15 is 0 Å². The molecule has 0 aliphatic carbocycles. The number of nitrogens with zero attached hydrogens (tertiary/aromatic N) is 1. The SMILES string of the molecule is NC(=O)NN=Cc1ccccc1OCc1ccc(Cl)cc1. The first-order chi connectivity index (χ1) is 10.1. The lowest BCUT2D eigenvalue weighted by molar-refractivity contribution is 0.249. The topological polar surface area (TPSA) is 76.7 Å². The number of urea groups is 1. The van der Waals surface area contributed by atoms with Crippen LogP contribution in [0.15, 0.2) is 53.6 Å². The largest absolute Gasteiger partial charge is 0.488 e. The van der Waals surface area contributed by atoms with Gasteiger partial charge in [0.15, 0.2) is 0 Å². The van der Waals surface area contributed by atoms with Crippen molar-refractivity contribution in [1.29, 1.82) is 0 Å². The summed E-state index contributed by atoms with van der Waals surface area (Å²) in [5.74, 6) is 0.655. The van der Waals surface area contributed by atoms with Crippen LogP contribution < -0.4 is 15.9 Å². The van der Waals surface area contributed by atoms with Crippen LogP contribution >= 0.6 is 11.6 Å². The van der Waals surface area contributed by atoms with Crippen molar-refractivity contribution in [3.8, 4) is 5.75 Å². The number of primary amides is 1. The number of halogens is 1. The molecule has 0 aliphatic heterocycles. The number of nitrogens with one attached hydrogen (secondary N) is 1. The minimum Gasteiger partial charge on any atom is -0.488 e. The van der Waals surface area contributed by atoms with Crippen LogP contribution in [0, 0.1) is 0 Å². The number of rotatable bonds is 5. The summed E-state index contributed by atoms with van der Waals surface area (Å²) in [4.78, 5) is 10.6. The van der Waals surface area contributed by atoms with Crippen molar-refractivity contribution in [2.24, 2.45) is 10.8 Å². The molecule has 0 saturated heterocycles. The van der Waals surface area contributed by atoms with Crippen LogP contribution in [-0.2, 0) is 6.61 Å². The van der Waals surface area contributed by atoms with E-state index in [4.69, 9.17) is 22.1 Å². The molecule has 0 fully saturated rings. The van der Waals surface area contributed by atoms with Crippen molar-refractivity contribution in [1.82, 2.24) is 5.43 Å². The van der Waals surface area contributed by atoms with Crippen LogP contribution in [0.3, 0.4) is 0 Å². The summed E-state index contributed by atoms with van der Waals surface area (Å²) < 4.78 is 5.74. The second-order valence-electron chi connectivity index (χ2n) is 4.19. The highest BCUT2D eigenvalue weighted by Gasteiger charge is 2.01. The van der Waals surface area contributed by atoms with Gasteiger partial charge in [-0.05, 0) is 29.8 Å². The van der Waals surface area contributed by atoms with E-state index in [1.165, 1.54) is 6.21 Å². The Morgan fingerprint density at radius 2 is 1.95 bits per heavy atom. The highest BCUT2D eigenvalue weighted by molar-refractivity contribution is 6.30. The van der Waals surface area contributed by atoms with Crippen LogP contribution in [-0.4, -0.2) is 12.2 Å².